The van der Waals surface area contributed by atoms with Crippen LogP contribution in [-0.2, 0) is 10.0 Å². The van der Waals surface area contributed by atoms with E-state index in [1.807, 2.05) is 0 Å². The van der Waals surface area contributed by atoms with Gasteiger partial charge in [0.15, 0.2) is 0 Å². The van der Waals surface area contributed by atoms with Crippen molar-refractivity contribution in [1.82, 2.24) is 0 Å². The van der Waals surface area contributed by atoms with E-state index >= 15 is 0 Å². The highest BCUT2D eigenvalue weighted by Gasteiger charge is 2.17. The van der Waals surface area contributed by atoms with E-state index in [4.69, 9.17) is 0 Å². The summed E-state index contributed by atoms with van der Waals surface area (Å²) in [6, 6.07) is 10.1. The van der Waals surface area contributed by atoms with E-state index in [0.717, 1.165) is 0 Å². The largest absolute Gasteiger partial charge is 0.389 e. The summed E-state index contributed by atoms with van der Waals surface area (Å²) in [5.41, 5.74) is 1.05. The fourth-order valence-electron chi connectivity index (χ4n) is 1.88. The topological polar surface area (TPSA) is 66.4 Å². The minimum atomic E-state index is -3.87. The van der Waals surface area contributed by atoms with Gasteiger partial charge in [0.05, 0.1) is 16.7 Å². The summed E-state index contributed by atoms with van der Waals surface area (Å²) < 4.78 is 40.5. The minimum Gasteiger partial charge on any atom is -0.389 e. The molecule has 0 heterocycles. The first kappa shape index (κ1) is 15.5. The van der Waals surface area contributed by atoms with Gasteiger partial charge in [-0.15, -0.1) is 0 Å². The van der Waals surface area contributed by atoms with Crippen LogP contribution in [0.1, 0.15) is 24.2 Å². The molecule has 4 nitrogen and oxygen atoms in total. The third kappa shape index (κ3) is 3.40. The first-order valence-electron chi connectivity index (χ1n) is 6.37. The average Bonchev–Trinajstić information content (AvgIpc) is 2.43. The van der Waals surface area contributed by atoms with Gasteiger partial charge in [-0.1, -0.05) is 24.3 Å². The Morgan fingerprint density at radius 1 is 1.14 bits per heavy atom. The predicted octanol–water partition coefficient (Wildman–Crippen LogP) is 2.99. The fourth-order valence-corrected chi connectivity index (χ4v) is 3.02. The molecule has 0 amide bonds. The van der Waals surface area contributed by atoms with Gasteiger partial charge in [-0.2, -0.15) is 0 Å². The first-order chi connectivity index (χ1) is 9.81. The molecule has 0 radical (unpaired) electrons. The zero-order valence-electron chi connectivity index (χ0n) is 11.7. The summed E-state index contributed by atoms with van der Waals surface area (Å²) in [5, 5.41) is 9.41. The lowest BCUT2D eigenvalue weighted by Gasteiger charge is -2.12. The van der Waals surface area contributed by atoms with Crippen LogP contribution in [0, 0.1) is 12.7 Å². The summed E-state index contributed by atoms with van der Waals surface area (Å²) in [6.07, 6.45) is -0.677. The second kappa shape index (κ2) is 5.83. The van der Waals surface area contributed by atoms with Crippen molar-refractivity contribution in [1.29, 1.82) is 0 Å². The van der Waals surface area contributed by atoms with Crippen LogP contribution in [-0.4, -0.2) is 13.5 Å². The van der Waals surface area contributed by atoms with Crippen molar-refractivity contribution < 1.29 is 17.9 Å². The zero-order valence-corrected chi connectivity index (χ0v) is 12.5. The Labute approximate surface area is 123 Å². The van der Waals surface area contributed by atoms with Crippen molar-refractivity contribution in [2.45, 2.75) is 24.8 Å². The van der Waals surface area contributed by atoms with Crippen molar-refractivity contribution in [2.24, 2.45) is 0 Å². The molecule has 112 valence electrons. The molecule has 2 aromatic carbocycles. The number of rotatable bonds is 4. The van der Waals surface area contributed by atoms with Crippen molar-refractivity contribution in [3.63, 3.8) is 0 Å². The Kier molecular flexibility index (Phi) is 4.29. The Hall–Kier alpha value is -1.92. The van der Waals surface area contributed by atoms with Gasteiger partial charge in [0.25, 0.3) is 10.0 Å². The molecule has 0 fully saturated rings. The fraction of sp³-hybridized carbons (Fsp3) is 0.200. The van der Waals surface area contributed by atoms with Gasteiger partial charge in [0.1, 0.15) is 5.82 Å². The van der Waals surface area contributed by atoms with Crippen molar-refractivity contribution in [3.05, 3.63) is 59.4 Å². The molecule has 0 aliphatic carbocycles. The van der Waals surface area contributed by atoms with E-state index in [-0.39, 0.29) is 10.6 Å². The normalized spacial score (nSPS) is 13.0. The number of aryl methyl sites for hydroxylation is 1. The van der Waals surface area contributed by atoms with Gasteiger partial charge < -0.3 is 5.11 Å². The molecular weight excluding hydrogens is 293 g/mol. The highest BCUT2D eigenvalue weighted by atomic mass is 32.2. The molecular formula is C15H16FNO3S. The van der Waals surface area contributed by atoms with Crippen molar-refractivity contribution in [3.8, 4) is 0 Å². The standard InChI is InChI=1S/C15H16FNO3S/c1-10-4-3-5-14(16)15(10)17-21(19,20)13-8-6-12(7-9-13)11(2)18/h3-9,11,17-18H,1-2H3. The summed E-state index contributed by atoms with van der Waals surface area (Å²) in [6.45, 7) is 3.21. The number of aliphatic hydroxyl groups excluding tert-OH is 1. The SMILES string of the molecule is Cc1cccc(F)c1NS(=O)(=O)c1ccc(C(C)O)cc1. The third-order valence-electron chi connectivity index (χ3n) is 3.13. The molecule has 6 heteroatoms. The molecule has 0 spiro atoms. The molecule has 1 atom stereocenters. The van der Waals surface area contributed by atoms with Crippen molar-refractivity contribution in [2.75, 3.05) is 4.72 Å². The number of nitrogens with one attached hydrogen (secondary N) is 1. The Bertz CT molecular complexity index is 720. The predicted molar refractivity (Wildman–Crippen MR) is 79.0 cm³/mol. The van der Waals surface area contributed by atoms with Crippen LogP contribution in [0.3, 0.4) is 0 Å². The second-order valence-electron chi connectivity index (χ2n) is 4.78. The zero-order chi connectivity index (χ0) is 15.6. The molecule has 0 aliphatic rings. The van der Waals surface area contributed by atoms with Crippen LogP contribution >= 0.6 is 0 Å². The highest BCUT2D eigenvalue weighted by Crippen LogP contribution is 2.23. The van der Waals surface area contributed by atoms with Crippen LogP contribution in [0.2, 0.25) is 0 Å². The van der Waals surface area contributed by atoms with E-state index in [2.05, 4.69) is 4.72 Å². The Morgan fingerprint density at radius 3 is 2.29 bits per heavy atom. The molecule has 2 aromatic rings. The van der Waals surface area contributed by atoms with Crippen LogP contribution in [0.15, 0.2) is 47.4 Å². The van der Waals surface area contributed by atoms with Crippen LogP contribution < -0.4 is 4.72 Å². The van der Waals surface area contributed by atoms with Gasteiger partial charge in [-0.25, -0.2) is 12.8 Å². The number of hydrogen-bond acceptors (Lipinski definition) is 3. The molecule has 2 N–H and O–H groups in total. The quantitative estimate of drug-likeness (QED) is 0.912. The smallest absolute Gasteiger partial charge is 0.261 e. The second-order valence-corrected chi connectivity index (χ2v) is 6.46. The summed E-state index contributed by atoms with van der Waals surface area (Å²) >= 11 is 0. The van der Waals surface area contributed by atoms with Gasteiger partial charge >= 0.3 is 0 Å². The molecule has 1 unspecified atom stereocenters. The number of para-hydroxylation sites is 1. The molecule has 0 aliphatic heterocycles. The number of hydrogen-bond donors (Lipinski definition) is 2. The lowest BCUT2D eigenvalue weighted by molar-refractivity contribution is 0.199. The Balaban J connectivity index is 2.34. The lowest BCUT2D eigenvalue weighted by atomic mass is 10.1. The lowest BCUT2D eigenvalue weighted by Crippen LogP contribution is -2.15. The van der Waals surface area contributed by atoms with E-state index in [0.29, 0.717) is 11.1 Å². The number of halogens is 1. The number of sulfonamides is 1. The van der Waals surface area contributed by atoms with E-state index in [9.17, 15) is 17.9 Å². The minimum absolute atomic E-state index is 0.00885. The van der Waals surface area contributed by atoms with E-state index < -0.39 is 21.9 Å². The van der Waals surface area contributed by atoms with E-state index in [1.54, 1.807) is 19.9 Å². The van der Waals surface area contributed by atoms with Gasteiger partial charge in [0.2, 0.25) is 0 Å². The summed E-state index contributed by atoms with van der Waals surface area (Å²) in [7, 11) is -3.87. The maximum Gasteiger partial charge on any atom is 0.261 e. The molecule has 0 aromatic heterocycles. The van der Waals surface area contributed by atoms with Gasteiger partial charge in [0, 0.05) is 0 Å². The molecule has 2 rings (SSSR count). The van der Waals surface area contributed by atoms with Crippen LogP contribution in [0.5, 0.6) is 0 Å². The first-order valence-corrected chi connectivity index (χ1v) is 7.85. The number of aliphatic hydroxyl groups is 1. The maximum absolute atomic E-state index is 13.7. The van der Waals surface area contributed by atoms with Gasteiger partial charge in [-0.3, -0.25) is 4.72 Å². The Morgan fingerprint density at radius 2 is 1.76 bits per heavy atom. The molecule has 0 saturated carbocycles. The molecule has 21 heavy (non-hydrogen) atoms. The summed E-state index contributed by atoms with van der Waals surface area (Å²) in [5.74, 6) is -0.626. The summed E-state index contributed by atoms with van der Waals surface area (Å²) in [4.78, 5) is 0.00885. The monoisotopic (exact) mass is 309 g/mol. The maximum atomic E-state index is 13.7. The highest BCUT2D eigenvalue weighted by molar-refractivity contribution is 7.92. The van der Waals surface area contributed by atoms with Gasteiger partial charge in [-0.05, 0) is 43.2 Å². The van der Waals surface area contributed by atoms with E-state index in [1.165, 1.54) is 36.4 Å². The number of anilines is 1. The van der Waals surface area contributed by atoms with Crippen LogP contribution in [0.4, 0.5) is 10.1 Å². The molecule has 0 bridgehead atoms. The third-order valence-corrected chi connectivity index (χ3v) is 4.50. The number of benzene rings is 2. The van der Waals surface area contributed by atoms with Crippen molar-refractivity contribution >= 4 is 15.7 Å². The average molecular weight is 309 g/mol. The molecule has 0 saturated heterocycles. The van der Waals surface area contributed by atoms with Crippen LogP contribution in [0.25, 0.3) is 0 Å².